The number of rotatable bonds is 3. The molecule has 1 aromatic heterocycles. The van der Waals surface area contributed by atoms with Gasteiger partial charge in [0.1, 0.15) is 12.0 Å². The Morgan fingerprint density at radius 3 is 2.14 bits per heavy atom. The molecule has 2 aromatic carbocycles. The maximum Gasteiger partial charge on any atom is 0.132 e. The molecule has 0 aliphatic rings. The van der Waals surface area contributed by atoms with E-state index in [1.165, 1.54) is 0 Å². The molecular formula is C17H17N3O. The van der Waals surface area contributed by atoms with Gasteiger partial charge in [0.15, 0.2) is 0 Å². The predicted molar refractivity (Wildman–Crippen MR) is 86.1 cm³/mol. The number of nitrogens with two attached hydrogens (primary N) is 1. The van der Waals surface area contributed by atoms with Crippen LogP contribution in [0.5, 0.6) is 0 Å². The number of hydrogen-bond acceptors (Lipinski definition) is 4. The van der Waals surface area contributed by atoms with Gasteiger partial charge >= 0.3 is 0 Å². The van der Waals surface area contributed by atoms with Crippen LogP contribution in [0.1, 0.15) is 0 Å². The lowest BCUT2D eigenvalue weighted by Gasteiger charge is -2.12. The zero-order valence-corrected chi connectivity index (χ0v) is 12.1. The Hall–Kier alpha value is -2.75. The van der Waals surface area contributed by atoms with E-state index in [2.05, 4.69) is 22.2 Å². The Morgan fingerprint density at radius 2 is 1.52 bits per heavy atom. The number of benzene rings is 2. The fourth-order valence-corrected chi connectivity index (χ4v) is 2.23. The van der Waals surface area contributed by atoms with Gasteiger partial charge in [-0.05, 0) is 29.8 Å². The van der Waals surface area contributed by atoms with Crippen LogP contribution < -0.4 is 10.6 Å². The van der Waals surface area contributed by atoms with Gasteiger partial charge in [-0.25, -0.2) is 0 Å². The van der Waals surface area contributed by atoms with E-state index >= 15 is 0 Å². The van der Waals surface area contributed by atoms with Gasteiger partial charge in [0.25, 0.3) is 0 Å². The summed E-state index contributed by atoms with van der Waals surface area (Å²) in [5.41, 5.74) is 11.5. The van der Waals surface area contributed by atoms with Crippen molar-refractivity contribution in [2.45, 2.75) is 0 Å². The summed E-state index contributed by atoms with van der Waals surface area (Å²) >= 11 is 0. The topological polar surface area (TPSA) is 55.3 Å². The normalized spacial score (nSPS) is 10.6. The average Bonchev–Trinajstić information content (AvgIpc) is 2.97. The first-order valence-corrected chi connectivity index (χ1v) is 6.73. The van der Waals surface area contributed by atoms with Crippen LogP contribution in [0.3, 0.4) is 0 Å². The van der Waals surface area contributed by atoms with Crippen molar-refractivity contribution in [3.8, 4) is 22.4 Å². The molecule has 0 radical (unpaired) electrons. The number of anilines is 2. The summed E-state index contributed by atoms with van der Waals surface area (Å²) in [6, 6.07) is 15.9. The highest BCUT2D eigenvalue weighted by Gasteiger charge is 2.12. The number of nitrogen functional groups attached to an aromatic ring is 1. The van der Waals surface area contributed by atoms with Crippen LogP contribution in [-0.2, 0) is 0 Å². The molecule has 0 aliphatic heterocycles. The number of aromatic nitrogens is 1. The minimum Gasteiger partial charge on any atom is -0.399 e. The first-order valence-electron chi connectivity index (χ1n) is 6.73. The summed E-state index contributed by atoms with van der Waals surface area (Å²) in [4.78, 5) is 2.06. The van der Waals surface area contributed by atoms with Crippen LogP contribution in [0, 0.1) is 0 Å². The molecule has 4 nitrogen and oxygen atoms in total. The highest BCUT2D eigenvalue weighted by molar-refractivity contribution is 5.80. The molecule has 4 heteroatoms. The summed E-state index contributed by atoms with van der Waals surface area (Å²) in [6.07, 6.45) is 1.67. The fourth-order valence-electron chi connectivity index (χ4n) is 2.23. The van der Waals surface area contributed by atoms with Crippen LogP contribution in [0.25, 0.3) is 22.4 Å². The summed E-state index contributed by atoms with van der Waals surface area (Å²) < 4.78 is 5.17. The minimum absolute atomic E-state index is 0.743. The molecule has 0 saturated heterocycles. The molecule has 0 aliphatic carbocycles. The van der Waals surface area contributed by atoms with E-state index in [-0.39, 0.29) is 0 Å². The monoisotopic (exact) mass is 279 g/mol. The molecule has 21 heavy (non-hydrogen) atoms. The van der Waals surface area contributed by atoms with E-state index in [1.54, 1.807) is 6.26 Å². The van der Waals surface area contributed by atoms with Crippen molar-refractivity contribution in [2.24, 2.45) is 0 Å². The second-order valence-electron chi connectivity index (χ2n) is 5.14. The summed E-state index contributed by atoms with van der Waals surface area (Å²) in [7, 11) is 4.04. The zero-order chi connectivity index (χ0) is 14.8. The van der Waals surface area contributed by atoms with E-state index in [0.29, 0.717) is 0 Å². The Bertz CT molecular complexity index is 727. The maximum absolute atomic E-state index is 5.73. The molecule has 0 unspecified atom stereocenters. The van der Waals surface area contributed by atoms with Crippen molar-refractivity contribution in [1.82, 2.24) is 5.16 Å². The van der Waals surface area contributed by atoms with Crippen LogP contribution in [0.2, 0.25) is 0 Å². The lowest BCUT2D eigenvalue weighted by Crippen LogP contribution is -2.07. The fraction of sp³-hybridized carbons (Fsp3) is 0.118. The molecule has 2 N–H and O–H groups in total. The van der Waals surface area contributed by atoms with Gasteiger partial charge in [0.2, 0.25) is 0 Å². The van der Waals surface area contributed by atoms with E-state index in [9.17, 15) is 0 Å². The molecule has 0 atom stereocenters. The molecule has 0 bridgehead atoms. The van der Waals surface area contributed by atoms with Crippen molar-refractivity contribution in [1.29, 1.82) is 0 Å². The van der Waals surface area contributed by atoms with Crippen molar-refractivity contribution >= 4 is 11.4 Å². The predicted octanol–water partition coefficient (Wildman–Crippen LogP) is 3.66. The molecule has 0 fully saturated rings. The highest BCUT2D eigenvalue weighted by atomic mass is 16.5. The first kappa shape index (κ1) is 13.2. The third kappa shape index (κ3) is 2.60. The highest BCUT2D eigenvalue weighted by Crippen LogP contribution is 2.32. The number of nitrogens with zero attached hydrogens (tertiary/aromatic N) is 2. The molecular weight excluding hydrogens is 262 g/mol. The third-order valence-electron chi connectivity index (χ3n) is 3.45. The summed E-state index contributed by atoms with van der Waals surface area (Å²) in [5, 5.41) is 4.14. The zero-order valence-electron chi connectivity index (χ0n) is 12.1. The van der Waals surface area contributed by atoms with Crippen molar-refractivity contribution in [3.05, 3.63) is 54.8 Å². The van der Waals surface area contributed by atoms with Gasteiger partial charge in [-0.2, -0.15) is 0 Å². The Kier molecular flexibility index (Phi) is 3.36. The molecule has 0 saturated carbocycles. The standard InChI is InChI=1S/C17H17N3O/c1-20(2)15-9-5-13(6-10-15)17-16(11-21-19-17)12-3-7-14(18)8-4-12/h3-11H,18H2,1-2H3. The lowest BCUT2D eigenvalue weighted by atomic mass is 10.0. The van der Waals surface area contributed by atoms with Gasteiger partial charge in [-0.1, -0.05) is 29.4 Å². The van der Waals surface area contributed by atoms with Crippen molar-refractivity contribution in [2.75, 3.05) is 24.7 Å². The van der Waals surface area contributed by atoms with E-state index in [1.807, 2.05) is 50.5 Å². The SMILES string of the molecule is CN(C)c1ccc(-c2nocc2-c2ccc(N)cc2)cc1. The molecule has 0 amide bonds. The Labute approximate surface area is 123 Å². The minimum atomic E-state index is 0.743. The second kappa shape index (κ2) is 5.32. The molecule has 106 valence electrons. The third-order valence-corrected chi connectivity index (χ3v) is 3.45. The van der Waals surface area contributed by atoms with Gasteiger partial charge < -0.3 is 15.2 Å². The molecule has 3 aromatic rings. The van der Waals surface area contributed by atoms with Gasteiger partial charge in [-0.15, -0.1) is 0 Å². The van der Waals surface area contributed by atoms with E-state index < -0.39 is 0 Å². The largest absolute Gasteiger partial charge is 0.399 e. The number of hydrogen-bond donors (Lipinski definition) is 1. The van der Waals surface area contributed by atoms with Crippen molar-refractivity contribution < 1.29 is 4.52 Å². The van der Waals surface area contributed by atoms with Crippen LogP contribution in [0.4, 0.5) is 11.4 Å². The first-order chi connectivity index (χ1) is 10.1. The second-order valence-corrected chi connectivity index (χ2v) is 5.14. The molecule has 0 spiro atoms. The molecule has 1 heterocycles. The van der Waals surface area contributed by atoms with Crippen LogP contribution in [0.15, 0.2) is 59.3 Å². The summed E-state index contributed by atoms with van der Waals surface area (Å²) in [6.45, 7) is 0. The molecule has 3 rings (SSSR count). The maximum atomic E-state index is 5.73. The van der Waals surface area contributed by atoms with Gasteiger partial charge in [0.05, 0.1) is 0 Å². The summed E-state index contributed by atoms with van der Waals surface area (Å²) in [5.74, 6) is 0. The average molecular weight is 279 g/mol. The van der Waals surface area contributed by atoms with E-state index in [0.717, 1.165) is 33.8 Å². The van der Waals surface area contributed by atoms with Crippen LogP contribution >= 0.6 is 0 Å². The quantitative estimate of drug-likeness (QED) is 0.743. The smallest absolute Gasteiger partial charge is 0.132 e. The Morgan fingerprint density at radius 1 is 0.905 bits per heavy atom. The van der Waals surface area contributed by atoms with Crippen molar-refractivity contribution in [3.63, 3.8) is 0 Å². The van der Waals surface area contributed by atoms with Gasteiger partial charge in [0, 0.05) is 36.6 Å². The Balaban J connectivity index is 2.00. The van der Waals surface area contributed by atoms with Gasteiger partial charge in [-0.3, -0.25) is 0 Å². The van der Waals surface area contributed by atoms with Crippen LogP contribution in [-0.4, -0.2) is 19.3 Å². The lowest BCUT2D eigenvalue weighted by molar-refractivity contribution is 0.422. The van der Waals surface area contributed by atoms with E-state index in [4.69, 9.17) is 10.3 Å².